The topological polar surface area (TPSA) is 54.4 Å². The van der Waals surface area contributed by atoms with Crippen LogP contribution in [0.3, 0.4) is 0 Å². The molecule has 0 bridgehead atoms. The van der Waals surface area contributed by atoms with E-state index in [9.17, 15) is 14.7 Å². The summed E-state index contributed by atoms with van der Waals surface area (Å²) in [6.45, 7) is 11.4. The smallest absolute Gasteiger partial charge is 0.318 e. The van der Waals surface area contributed by atoms with Crippen LogP contribution in [0.2, 0.25) is 0 Å². The van der Waals surface area contributed by atoms with E-state index in [4.69, 9.17) is 0 Å². The number of aliphatic carboxylic acids is 1. The predicted molar refractivity (Wildman–Crippen MR) is 96.0 cm³/mol. The maximum absolute atomic E-state index is 13.1. The molecule has 0 aliphatic carbocycles. The van der Waals surface area contributed by atoms with Gasteiger partial charge in [0, 0.05) is 5.56 Å². The van der Waals surface area contributed by atoms with Crippen molar-refractivity contribution in [1.82, 2.24) is 0 Å². The molecular weight excluding hydrogens is 300 g/mol. The number of Topliss-reactive ketones (excluding diaryl/α,β-unsaturated/α-hetero) is 1. The van der Waals surface area contributed by atoms with Crippen LogP contribution >= 0.6 is 0 Å². The molecule has 1 N–H and O–H groups in total. The van der Waals surface area contributed by atoms with E-state index in [-0.39, 0.29) is 5.78 Å². The van der Waals surface area contributed by atoms with Crippen molar-refractivity contribution in [2.75, 3.05) is 0 Å². The van der Waals surface area contributed by atoms with E-state index in [2.05, 4.69) is 0 Å². The number of hydrogen-bond acceptors (Lipinski definition) is 2. The summed E-state index contributed by atoms with van der Waals surface area (Å²) in [6, 6.07) is 7.71. The first-order chi connectivity index (χ1) is 11.1. The van der Waals surface area contributed by atoms with Crippen LogP contribution in [0.25, 0.3) is 0 Å². The molecule has 3 nitrogen and oxygen atoms in total. The molecule has 0 heterocycles. The monoisotopic (exact) mass is 324 g/mol. The number of aryl methyl sites for hydroxylation is 6. The van der Waals surface area contributed by atoms with Gasteiger partial charge in [0.15, 0.2) is 5.78 Å². The van der Waals surface area contributed by atoms with Gasteiger partial charge in [0.05, 0.1) is 0 Å². The lowest BCUT2D eigenvalue weighted by Gasteiger charge is -2.20. The average molecular weight is 324 g/mol. The van der Waals surface area contributed by atoms with Gasteiger partial charge in [-0.3, -0.25) is 9.59 Å². The Kier molecular flexibility index (Phi) is 4.93. The Bertz CT molecular complexity index is 785. The molecule has 0 radical (unpaired) electrons. The van der Waals surface area contributed by atoms with Crippen LogP contribution in [-0.4, -0.2) is 16.9 Å². The van der Waals surface area contributed by atoms with Crippen molar-refractivity contribution in [3.8, 4) is 0 Å². The van der Waals surface area contributed by atoms with Crippen molar-refractivity contribution < 1.29 is 14.7 Å². The molecule has 126 valence electrons. The molecule has 0 aliphatic rings. The lowest BCUT2D eigenvalue weighted by atomic mass is 9.82. The number of carbonyl (C=O) groups excluding carboxylic acids is 1. The van der Waals surface area contributed by atoms with Gasteiger partial charge in [-0.15, -0.1) is 0 Å². The van der Waals surface area contributed by atoms with Gasteiger partial charge in [-0.2, -0.15) is 0 Å². The quantitative estimate of drug-likeness (QED) is 0.661. The molecule has 1 atom stereocenters. The van der Waals surface area contributed by atoms with E-state index in [0.29, 0.717) is 11.1 Å². The Morgan fingerprint density at radius 3 is 1.50 bits per heavy atom. The first-order valence-corrected chi connectivity index (χ1v) is 8.06. The summed E-state index contributed by atoms with van der Waals surface area (Å²) in [5.74, 6) is -2.62. The Labute approximate surface area is 143 Å². The van der Waals surface area contributed by atoms with Crippen LogP contribution in [0.1, 0.15) is 55.2 Å². The first-order valence-electron chi connectivity index (χ1n) is 8.06. The number of hydrogen-bond donors (Lipinski definition) is 1. The number of ketones is 1. The number of benzene rings is 2. The van der Waals surface area contributed by atoms with Crippen molar-refractivity contribution in [3.05, 3.63) is 68.8 Å². The summed E-state index contributed by atoms with van der Waals surface area (Å²) in [5, 5.41) is 9.79. The molecule has 0 aromatic heterocycles. The number of carboxylic acids is 1. The van der Waals surface area contributed by atoms with E-state index < -0.39 is 11.9 Å². The van der Waals surface area contributed by atoms with Gasteiger partial charge < -0.3 is 5.11 Å². The van der Waals surface area contributed by atoms with Gasteiger partial charge in [-0.25, -0.2) is 0 Å². The molecular formula is C21H24O3. The molecule has 0 saturated heterocycles. The zero-order valence-corrected chi connectivity index (χ0v) is 15.2. The minimum Gasteiger partial charge on any atom is -0.480 e. The number of carbonyl (C=O) groups is 2. The zero-order valence-electron chi connectivity index (χ0n) is 15.2. The Morgan fingerprint density at radius 2 is 1.12 bits per heavy atom. The van der Waals surface area contributed by atoms with Gasteiger partial charge in [-0.1, -0.05) is 35.4 Å². The minimum absolute atomic E-state index is 0.340. The summed E-state index contributed by atoms with van der Waals surface area (Å²) < 4.78 is 0. The molecule has 2 rings (SSSR count). The maximum atomic E-state index is 13.1. The van der Waals surface area contributed by atoms with E-state index in [1.165, 1.54) is 0 Å². The maximum Gasteiger partial charge on any atom is 0.318 e. The van der Waals surface area contributed by atoms with Gasteiger partial charge in [0.2, 0.25) is 0 Å². The van der Waals surface area contributed by atoms with E-state index in [0.717, 1.165) is 33.4 Å². The molecule has 0 spiro atoms. The van der Waals surface area contributed by atoms with Crippen LogP contribution in [0, 0.1) is 41.5 Å². The third kappa shape index (κ3) is 3.25. The number of rotatable bonds is 4. The third-order valence-corrected chi connectivity index (χ3v) is 4.46. The third-order valence-electron chi connectivity index (χ3n) is 4.46. The Hall–Kier alpha value is -2.42. The molecule has 1 unspecified atom stereocenters. The van der Waals surface area contributed by atoms with Crippen molar-refractivity contribution in [2.24, 2.45) is 0 Å². The molecule has 3 heteroatoms. The molecule has 2 aromatic rings. The summed E-state index contributed by atoms with van der Waals surface area (Å²) in [5.41, 5.74) is 6.60. The highest BCUT2D eigenvalue weighted by Gasteiger charge is 2.33. The molecule has 0 amide bonds. The summed E-state index contributed by atoms with van der Waals surface area (Å²) in [6.07, 6.45) is 0. The van der Waals surface area contributed by atoms with Gasteiger partial charge in [-0.05, 0) is 69.4 Å². The lowest BCUT2D eigenvalue weighted by molar-refractivity contribution is -0.137. The fourth-order valence-electron chi connectivity index (χ4n) is 3.73. The van der Waals surface area contributed by atoms with Gasteiger partial charge >= 0.3 is 5.97 Å². The molecule has 0 saturated carbocycles. The van der Waals surface area contributed by atoms with Crippen LogP contribution in [-0.2, 0) is 4.79 Å². The van der Waals surface area contributed by atoms with Crippen molar-refractivity contribution in [1.29, 1.82) is 0 Å². The fourth-order valence-corrected chi connectivity index (χ4v) is 3.73. The molecule has 24 heavy (non-hydrogen) atoms. The number of carboxylic acid groups (broad SMARTS) is 1. The minimum atomic E-state index is -1.18. The second-order valence-electron chi connectivity index (χ2n) is 6.72. The van der Waals surface area contributed by atoms with E-state index >= 15 is 0 Å². The summed E-state index contributed by atoms with van der Waals surface area (Å²) in [4.78, 5) is 25.1. The normalized spacial score (nSPS) is 12.1. The largest absolute Gasteiger partial charge is 0.480 e. The summed E-state index contributed by atoms with van der Waals surface area (Å²) in [7, 11) is 0. The SMILES string of the molecule is Cc1cc(C)c(C(=O)C(C(=O)O)c2c(C)cc(C)cc2C)c(C)c1. The zero-order chi connectivity index (χ0) is 18.2. The first kappa shape index (κ1) is 17.9. The van der Waals surface area contributed by atoms with Crippen LogP contribution in [0.15, 0.2) is 24.3 Å². The van der Waals surface area contributed by atoms with Crippen molar-refractivity contribution >= 4 is 11.8 Å². The predicted octanol–water partition coefficient (Wildman–Crippen LogP) is 4.59. The second-order valence-corrected chi connectivity index (χ2v) is 6.72. The highest BCUT2D eigenvalue weighted by molar-refractivity contribution is 6.14. The second kappa shape index (κ2) is 6.60. The van der Waals surface area contributed by atoms with E-state index in [1.807, 2.05) is 65.8 Å². The van der Waals surface area contributed by atoms with E-state index in [1.54, 1.807) is 0 Å². The highest BCUT2D eigenvalue weighted by Crippen LogP contribution is 2.31. The van der Waals surface area contributed by atoms with Crippen molar-refractivity contribution in [3.63, 3.8) is 0 Å². The van der Waals surface area contributed by atoms with Gasteiger partial charge in [0.25, 0.3) is 0 Å². The lowest BCUT2D eigenvalue weighted by Crippen LogP contribution is -2.25. The molecule has 0 fully saturated rings. The highest BCUT2D eigenvalue weighted by atomic mass is 16.4. The van der Waals surface area contributed by atoms with Crippen LogP contribution in [0.5, 0.6) is 0 Å². The molecule has 0 aliphatic heterocycles. The standard InChI is InChI=1S/C21H24O3/c1-11-7-13(3)17(14(4)8-11)19(21(23)24)20(22)18-15(5)9-12(2)10-16(18)6/h7-10,19H,1-6H3,(H,23,24). The van der Waals surface area contributed by atoms with Gasteiger partial charge in [0.1, 0.15) is 5.92 Å². The average Bonchev–Trinajstić information content (AvgIpc) is 2.40. The molecule has 2 aromatic carbocycles. The fraction of sp³-hybridized carbons (Fsp3) is 0.333. The summed E-state index contributed by atoms with van der Waals surface area (Å²) >= 11 is 0. The Balaban J connectivity index is 2.66. The Morgan fingerprint density at radius 1 is 0.750 bits per heavy atom. The van der Waals surface area contributed by atoms with Crippen LogP contribution < -0.4 is 0 Å². The van der Waals surface area contributed by atoms with Crippen molar-refractivity contribution in [2.45, 2.75) is 47.5 Å². The van der Waals surface area contributed by atoms with Crippen LogP contribution in [0.4, 0.5) is 0 Å².